The Morgan fingerprint density at radius 1 is 1.00 bits per heavy atom. The predicted octanol–water partition coefficient (Wildman–Crippen LogP) is 1.65. The van der Waals surface area contributed by atoms with E-state index in [0.29, 0.717) is 0 Å². The Bertz CT molecular complexity index is 103. The summed E-state index contributed by atoms with van der Waals surface area (Å²) < 4.78 is 0. The Kier molecular flexibility index (Phi) is 0.969. The fraction of sp³-hybridized carbons (Fsp3) is 0.333. The first-order valence-corrected chi connectivity index (χ1v) is 2.14. The summed E-state index contributed by atoms with van der Waals surface area (Å²) in [6, 6.07) is 0. The topological polar surface area (TPSA) is 0 Å². The van der Waals surface area contributed by atoms with Gasteiger partial charge in [-0.1, -0.05) is 11.5 Å². The monoisotopic (exact) mass is 78.0 g/mol. The van der Waals surface area contributed by atoms with Crippen molar-refractivity contribution < 1.29 is 0 Å². The molecule has 0 aromatic rings. The van der Waals surface area contributed by atoms with Crippen molar-refractivity contribution in [1.29, 1.82) is 0 Å². The molecule has 0 N–H and O–H groups in total. The van der Waals surface area contributed by atoms with Gasteiger partial charge in [-0.2, -0.15) is 0 Å². The second kappa shape index (κ2) is 1.67. The molecule has 0 fully saturated rings. The van der Waals surface area contributed by atoms with Crippen molar-refractivity contribution in [3.05, 3.63) is 23.6 Å². The molecule has 0 heteroatoms. The molecular weight excluding hydrogens is 72.1 g/mol. The molecule has 0 saturated heterocycles. The molecule has 1 aliphatic carbocycles. The zero-order valence-electron chi connectivity index (χ0n) is 3.57. The molecule has 0 radical (unpaired) electrons. The van der Waals surface area contributed by atoms with E-state index in [1.165, 1.54) is 0 Å². The maximum Gasteiger partial charge on any atom is -0.0227 e. The quantitative estimate of drug-likeness (QED) is 0.386. The van der Waals surface area contributed by atoms with E-state index < -0.39 is 0 Å². The maximum atomic E-state index is 2.85. The van der Waals surface area contributed by atoms with Crippen LogP contribution in [-0.2, 0) is 0 Å². The summed E-state index contributed by atoms with van der Waals surface area (Å²) in [5.74, 6) is 0. The summed E-state index contributed by atoms with van der Waals surface area (Å²) in [6.45, 7) is 0. The summed E-state index contributed by atoms with van der Waals surface area (Å²) in [7, 11) is 0. The van der Waals surface area contributed by atoms with E-state index in [1.807, 2.05) is 12.2 Å². The van der Waals surface area contributed by atoms with E-state index >= 15 is 0 Å². The van der Waals surface area contributed by atoms with Crippen LogP contribution in [0.5, 0.6) is 0 Å². The third kappa shape index (κ3) is 0.621. The minimum absolute atomic E-state index is 1.15. The number of hydrogen-bond donors (Lipinski definition) is 0. The SMILES string of the molecule is C1=C=CCCC=1. The Morgan fingerprint density at radius 2 is 1.50 bits per heavy atom. The first-order chi connectivity index (χ1) is 3.00. The molecule has 0 spiro atoms. The van der Waals surface area contributed by atoms with Crippen LogP contribution in [0.1, 0.15) is 12.8 Å². The van der Waals surface area contributed by atoms with Crippen molar-refractivity contribution in [2.24, 2.45) is 0 Å². The van der Waals surface area contributed by atoms with Crippen LogP contribution < -0.4 is 0 Å². The molecule has 0 bridgehead atoms. The summed E-state index contributed by atoms with van der Waals surface area (Å²) in [4.78, 5) is 0. The minimum Gasteiger partial charge on any atom is -0.0750 e. The Balaban J connectivity index is 2.88. The first kappa shape index (κ1) is 3.49. The van der Waals surface area contributed by atoms with E-state index in [4.69, 9.17) is 0 Å². The molecule has 0 saturated carbocycles. The van der Waals surface area contributed by atoms with Crippen molar-refractivity contribution in [1.82, 2.24) is 0 Å². The molecular formula is C6H6. The second-order valence-corrected chi connectivity index (χ2v) is 1.27. The average molecular weight is 78.1 g/mol. The van der Waals surface area contributed by atoms with Gasteiger partial charge in [-0.25, -0.2) is 0 Å². The lowest BCUT2D eigenvalue weighted by Gasteiger charge is -1.80. The van der Waals surface area contributed by atoms with Crippen LogP contribution in [0.25, 0.3) is 0 Å². The molecule has 1 aliphatic rings. The normalized spacial score (nSPS) is 16.0. The first-order valence-electron chi connectivity index (χ1n) is 2.14. The van der Waals surface area contributed by atoms with Crippen LogP contribution in [0.4, 0.5) is 0 Å². The largest absolute Gasteiger partial charge is 0.0750 e. The Labute approximate surface area is 37.5 Å². The van der Waals surface area contributed by atoms with Crippen molar-refractivity contribution in [3.63, 3.8) is 0 Å². The fourth-order valence-electron chi connectivity index (χ4n) is 0.429. The highest BCUT2D eigenvalue weighted by atomic mass is 13.8. The number of hydrogen-bond acceptors (Lipinski definition) is 0. The van der Waals surface area contributed by atoms with Gasteiger partial charge in [0.15, 0.2) is 0 Å². The minimum atomic E-state index is 1.15. The molecule has 0 heterocycles. The van der Waals surface area contributed by atoms with Crippen LogP contribution >= 0.6 is 0 Å². The van der Waals surface area contributed by atoms with Gasteiger partial charge in [0.05, 0.1) is 0 Å². The number of rotatable bonds is 0. The van der Waals surface area contributed by atoms with Crippen LogP contribution in [0.3, 0.4) is 0 Å². The Hall–Kier alpha value is -0.700. The predicted molar refractivity (Wildman–Crippen MR) is 25.4 cm³/mol. The highest BCUT2D eigenvalue weighted by molar-refractivity contribution is 4.93. The summed E-state index contributed by atoms with van der Waals surface area (Å²) in [5.41, 5.74) is 5.71. The summed E-state index contributed by atoms with van der Waals surface area (Å²) >= 11 is 0. The lowest BCUT2D eigenvalue weighted by atomic mass is 10.2. The van der Waals surface area contributed by atoms with Crippen LogP contribution in [-0.4, -0.2) is 0 Å². The molecule has 30 valence electrons. The van der Waals surface area contributed by atoms with Gasteiger partial charge in [0.1, 0.15) is 0 Å². The van der Waals surface area contributed by atoms with Crippen LogP contribution in [0, 0.1) is 0 Å². The zero-order valence-corrected chi connectivity index (χ0v) is 3.57. The lowest BCUT2D eigenvalue weighted by Crippen LogP contribution is -1.62. The zero-order chi connectivity index (χ0) is 4.24. The van der Waals surface area contributed by atoms with Gasteiger partial charge in [-0.05, 0) is 25.0 Å². The van der Waals surface area contributed by atoms with Crippen molar-refractivity contribution in [3.8, 4) is 0 Å². The van der Waals surface area contributed by atoms with Gasteiger partial charge in [0.2, 0.25) is 0 Å². The standard InChI is InChI=1S/C6H6/c1-2-4-6-5-3-1/h1,6H,2,4H2. The molecule has 0 nitrogen and oxygen atoms in total. The molecule has 0 amide bonds. The smallest absolute Gasteiger partial charge is 0.0227 e. The van der Waals surface area contributed by atoms with Gasteiger partial charge >= 0.3 is 0 Å². The molecule has 0 unspecified atom stereocenters. The second-order valence-electron chi connectivity index (χ2n) is 1.27. The maximum absolute atomic E-state index is 2.85. The van der Waals surface area contributed by atoms with Gasteiger partial charge in [-0.15, -0.1) is 0 Å². The third-order valence-corrected chi connectivity index (χ3v) is 0.743. The average Bonchev–Trinajstić information content (AvgIpc) is 1.72. The van der Waals surface area contributed by atoms with Gasteiger partial charge in [-0.3, -0.25) is 0 Å². The van der Waals surface area contributed by atoms with E-state index in [1.54, 1.807) is 0 Å². The van der Waals surface area contributed by atoms with Gasteiger partial charge in [0, 0.05) is 0 Å². The van der Waals surface area contributed by atoms with Gasteiger partial charge < -0.3 is 0 Å². The van der Waals surface area contributed by atoms with Gasteiger partial charge in [0.25, 0.3) is 0 Å². The summed E-state index contributed by atoms with van der Waals surface area (Å²) in [5, 5.41) is 0. The highest BCUT2D eigenvalue weighted by Crippen LogP contribution is 1.92. The van der Waals surface area contributed by atoms with Crippen molar-refractivity contribution in [2.45, 2.75) is 12.8 Å². The van der Waals surface area contributed by atoms with Crippen LogP contribution in [0.2, 0.25) is 0 Å². The Morgan fingerprint density at radius 3 is 1.67 bits per heavy atom. The molecule has 6 heavy (non-hydrogen) atoms. The fourth-order valence-corrected chi connectivity index (χ4v) is 0.429. The number of allylic oxidation sites excluding steroid dienone is 2. The molecule has 0 aromatic heterocycles. The van der Waals surface area contributed by atoms with Crippen LogP contribution in [0.15, 0.2) is 23.6 Å². The molecule has 0 aromatic carbocycles. The highest BCUT2D eigenvalue weighted by Gasteiger charge is 1.74. The van der Waals surface area contributed by atoms with Crippen molar-refractivity contribution in [2.75, 3.05) is 0 Å². The summed E-state index contributed by atoms with van der Waals surface area (Å²) in [6.07, 6.45) is 6.29. The lowest BCUT2D eigenvalue weighted by molar-refractivity contribution is 1.05. The van der Waals surface area contributed by atoms with E-state index in [0.717, 1.165) is 12.8 Å². The third-order valence-electron chi connectivity index (χ3n) is 0.743. The van der Waals surface area contributed by atoms with E-state index in [2.05, 4.69) is 11.5 Å². The molecule has 0 atom stereocenters. The van der Waals surface area contributed by atoms with E-state index in [-0.39, 0.29) is 0 Å². The molecule has 0 aliphatic heterocycles. The molecule has 1 rings (SSSR count). The van der Waals surface area contributed by atoms with Crippen molar-refractivity contribution >= 4 is 0 Å². The van der Waals surface area contributed by atoms with E-state index in [9.17, 15) is 0 Å².